The van der Waals surface area contributed by atoms with Crippen LogP contribution in [0, 0.1) is 0 Å². The molecule has 3 aromatic rings. The van der Waals surface area contributed by atoms with Crippen LogP contribution in [0.1, 0.15) is 15.9 Å². The summed E-state index contributed by atoms with van der Waals surface area (Å²) in [4.78, 5) is 27.7. The Kier molecular flexibility index (Phi) is 5.01. The first-order valence-corrected chi connectivity index (χ1v) is 7.73. The van der Waals surface area contributed by atoms with Gasteiger partial charge in [0.2, 0.25) is 0 Å². The molecule has 0 unspecified atom stereocenters. The van der Waals surface area contributed by atoms with Gasteiger partial charge in [-0.25, -0.2) is 14.3 Å². The third-order valence-electron chi connectivity index (χ3n) is 3.59. The molecule has 11 heteroatoms. The summed E-state index contributed by atoms with van der Waals surface area (Å²) in [5, 5.41) is 10.6. The zero-order valence-electron chi connectivity index (χ0n) is 13.7. The van der Waals surface area contributed by atoms with Crippen LogP contribution in [0.2, 0.25) is 0 Å². The number of nitrogens with zero attached hydrogens (tertiary/aromatic N) is 5. The van der Waals surface area contributed by atoms with Gasteiger partial charge in [0.1, 0.15) is 12.7 Å². The zero-order chi connectivity index (χ0) is 19.4. The van der Waals surface area contributed by atoms with Crippen molar-refractivity contribution in [3.8, 4) is 5.82 Å². The molecule has 27 heavy (non-hydrogen) atoms. The average Bonchev–Trinajstić information content (AvgIpc) is 3.17. The summed E-state index contributed by atoms with van der Waals surface area (Å²) in [6.45, 7) is 0.140. The summed E-state index contributed by atoms with van der Waals surface area (Å²) in [7, 11) is 0. The number of hydrogen-bond donors (Lipinski definition) is 1. The highest BCUT2D eigenvalue weighted by Gasteiger charge is 2.30. The van der Waals surface area contributed by atoms with Crippen LogP contribution in [-0.2, 0) is 12.7 Å². The maximum atomic E-state index is 12.5. The van der Waals surface area contributed by atoms with Gasteiger partial charge in [-0.2, -0.15) is 18.3 Å². The van der Waals surface area contributed by atoms with Crippen molar-refractivity contribution in [2.24, 2.45) is 0 Å². The lowest BCUT2D eigenvalue weighted by atomic mass is 10.1. The minimum atomic E-state index is -4.46. The molecule has 0 fully saturated rings. The SMILES string of the molecule is O=C(NCCn1nc(-n2cncn2)ccc1=O)c1ccc(C(F)(F)F)cc1. The molecule has 0 saturated heterocycles. The molecule has 0 bridgehead atoms. The Morgan fingerprint density at radius 2 is 1.85 bits per heavy atom. The highest BCUT2D eigenvalue weighted by atomic mass is 19.4. The maximum absolute atomic E-state index is 12.5. The van der Waals surface area contributed by atoms with Gasteiger partial charge in [-0.05, 0) is 30.3 Å². The number of carbonyl (C=O) groups is 1. The van der Waals surface area contributed by atoms with Gasteiger partial charge in [0.25, 0.3) is 11.5 Å². The Labute approximate surface area is 150 Å². The summed E-state index contributed by atoms with van der Waals surface area (Å²) in [5.41, 5.74) is -1.12. The molecule has 3 rings (SSSR count). The van der Waals surface area contributed by atoms with Crippen LogP contribution in [0.5, 0.6) is 0 Å². The predicted molar refractivity (Wildman–Crippen MR) is 87.2 cm³/mol. The van der Waals surface area contributed by atoms with E-state index in [1.54, 1.807) is 0 Å². The van der Waals surface area contributed by atoms with Crippen molar-refractivity contribution < 1.29 is 18.0 Å². The lowest BCUT2D eigenvalue weighted by Crippen LogP contribution is -2.32. The molecule has 1 amide bonds. The van der Waals surface area contributed by atoms with E-state index in [0.717, 1.165) is 28.9 Å². The molecule has 8 nitrogen and oxygen atoms in total. The summed E-state index contributed by atoms with van der Waals surface area (Å²) in [6, 6.07) is 6.64. The number of aromatic nitrogens is 5. The van der Waals surface area contributed by atoms with E-state index < -0.39 is 17.6 Å². The van der Waals surface area contributed by atoms with E-state index in [2.05, 4.69) is 20.5 Å². The van der Waals surface area contributed by atoms with Gasteiger partial charge < -0.3 is 5.32 Å². The average molecular weight is 378 g/mol. The van der Waals surface area contributed by atoms with E-state index in [4.69, 9.17) is 0 Å². The van der Waals surface area contributed by atoms with Crippen LogP contribution in [0.25, 0.3) is 5.82 Å². The number of carbonyl (C=O) groups excluding carboxylic acids is 1. The lowest BCUT2D eigenvalue weighted by Gasteiger charge is -2.09. The Balaban J connectivity index is 1.62. The number of alkyl halides is 3. The van der Waals surface area contributed by atoms with Gasteiger partial charge >= 0.3 is 6.18 Å². The van der Waals surface area contributed by atoms with Crippen LogP contribution < -0.4 is 10.9 Å². The molecule has 0 spiro atoms. The first-order valence-electron chi connectivity index (χ1n) is 7.73. The maximum Gasteiger partial charge on any atom is 0.416 e. The third-order valence-corrected chi connectivity index (χ3v) is 3.59. The molecule has 0 aliphatic heterocycles. The number of amides is 1. The van der Waals surface area contributed by atoms with Crippen molar-refractivity contribution in [2.75, 3.05) is 6.54 Å². The monoisotopic (exact) mass is 378 g/mol. The molecule has 0 atom stereocenters. The first-order chi connectivity index (χ1) is 12.8. The second-order valence-electron chi connectivity index (χ2n) is 5.42. The fourth-order valence-corrected chi connectivity index (χ4v) is 2.24. The zero-order valence-corrected chi connectivity index (χ0v) is 13.7. The largest absolute Gasteiger partial charge is 0.416 e. The third kappa shape index (κ3) is 4.37. The quantitative estimate of drug-likeness (QED) is 0.722. The normalized spacial score (nSPS) is 11.4. The van der Waals surface area contributed by atoms with E-state index in [1.807, 2.05) is 0 Å². The van der Waals surface area contributed by atoms with Gasteiger partial charge in [-0.3, -0.25) is 9.59 Å². The molecule has 1 aromatic carbocycles. The Bertz CT molecular complexity index is 981. The summed E-state index contributed by atoms with van der Waals surface area (Å²) in [6.07, 6.45) is -1.72. The van der Waals surface area contributed by atoms with Crippen molar-refractivity contribution >= 4 is 5.91 Å². The first kappa shape index (κ1) is 18.3. The number of rotatable bonds is 5. The molecule has 140 valence electrons. The van der Waals surface area contributed by atoms with E-state index in [1.165, 1.54) is 29.5 Å². The van der Waals surface area contributed by atoms with Gasteiger partial charge in [0.15, 0.2) is 5.82 Å². The number of halogens is 3. The molecule has 2 aromatic heterocycles. The van der Waals surface area contributed by atoms with Crippen LogP contribution >= 0.6 is 0 Å². The van der Waals surface area contributed by atoms with Crippen molar-refractivity contribution in [3.05, 3.63) is 70.5 Å². The summed E-state index contributed by atoms with van der Waals surface area (Å²) < 4.78 is 40.1. The fourth-order valence-electron chi connectivity index (χ4n) is 2.24. The van der Waals surface area contributed by atoms with Gasteiger partial charge in [-0.1, -0.05) is 0 Å². The van der Waals surface area contributed by atoms with Crippen molar-refractivity contribution in [2.45, 2.75) is 12.7 Å². The van der Waals surface area contributed by atoms with Gasteiger partial charge in [0.05, 0.1) is 12.1 Å². The Morgan fingerprint density at radius 3 is 2.48 bits per heavy atom. The predicted octanol–water partition coefficient (Wildman–Crippen LogP) is 1.27. The highest BCUT2D eigenvalue weighted by molar-refractivity contribution is 5.94. The van der Waals surface area contributed by atoms with Crippen LogP contribution in [0.3, 0.4) is 0 Å². The van der Waals surface area contributed by atoms with E-state index in [0.29, 0.717) is 5.82 Å². The van der Waals surface area contributed by atoms with Gasteiger partial charge in [-0.15, -0.1) is 5.10 Å². The second-order valence-corrected chi connectivity index (χ2v) is 5.42. The van der Waals surface area contributed by atoms with Gasteiger partial charge in [0, 0.05) is 18.2 Å². The fraction of sp³-hybridized carbons (Fsp3) is 0.188. The minimum absolute atomic E-state index is 0.0631. The van der Waals surface area contributed by atoms with Crippen molar-refractivity contribution in [1.82, 2.24) is 29.9 Å². The number of hydrogen-bond acceptors (Lipinski definition) is 5. The molecule has 0 aliphatic carbocycles. The van der Waals surface area contributed by atoms with Crippen LogP contribution in [-0.4, -0.2) is 37.0 Å². The Morgan fingerprint density at radius 1 is 1.11 bits per heavy atom. The smallest absolute Gasteiger partial charge is 0.350 e. The number of benzene rings is 1. The highest BCUT2D eigenvalue weighted by Crippen LogP contribution is 2.29. The Hall–Kier alpha value is -3.50. The molecular weight excluding hydrogens is 365 g/mol. The topological polar surface area (TPSA) is 94.7 Å². The van der Waals surface area contributed by atoms with Crippen LogP contribution in [0.4, 0.5) is 13.2 Å². The summed E-state index contributed by atoms with van der Waals surface area (Å²) >= 11 is 0. The molecule has 0 aliphatic rings. The molecule has 1 N–H and O–H groups in total. The van der Waals surface area contributed by atoms with E-state index >= 15 is 0 Å². The van der Waals surface area contributed by atoms with Crippen LogP contribution in [0.15, 0.2) is 53.8 Å². The molecule has 2 heterocycles. The van der Waals surface area contributed by atoms with Crippen molar-refractivity contribution in [1.29, 1.82) is 0 Å². The molecule has 0 radical (unpaired) electrons. The van der Waals surface area contributed by atoms with E-state index in [-0.39, 0.29) is 24.2 Å². The lowest BCUT2D eigenvalue weighted by molar-refractivity contribution is -0.137. The van der Waals surface area contributed by atoms with Crippen molar-refractivity contribution in [3.63, 3.8) is 0 Å². The standard InChI is InChI=1S/C16H13F3N6O2/c17-16(18,19)12-3-1-11(2-4-12)15(27)21-7-8-24-14(26)6-5-13(23-24)25-10-20-9-22-25/h1-6,9-10H,7-8H2,(H,21,27). The molecular formula is C16H13F3N6O2. The number of nitrogens with one attached hydrogen (secondary N) is 1. The molecule has 0 saturated carbocycles. The minimum Gasteiger partial charge on any atom is -0.350 e. The second kappa shape index (κ2) is 7.40. The summed E-state index contributed by atoms with van der Waals surface area (Å²) in [5.74, 6) is -0.176. The van der Waals surface area contributed by atoms with E-state index in [9.17, 15) is 22.8 Å².